The fraction of sp³-hybridized carbons (Fsp3) is 0.438. The first-order valence-electron chi connectivity index (χ1n) is 7.79. The first-order valence-corrected chi connectivity index (χ1v) is 9.71. The Morgan fingerprint density at radius 2 is 1.92 bits per heavy atom. The molecule has 1 heterocycles. The zero-order chi connectivity index (χ0) is 17.3. The standard InChI is InChI=1S/C16H21N5O2S/c1-21(2)12-5-7-13(8-6-12)24(3,23)19-16(22)11-4-9-14-15(10-11)18-20-17-14/h5-8,11H,4,9-10H2,1-3H3,(H,17,18,20)/t11-,24-/m0/s1. The van der Waals surface area contributed by atoms with Crippen molar-refractivity contribution in [3.05, 3.63) is 35.7 Å². The number of nitrogens with zero attached hydrogens (tertiary/aromatic N) is 4. The summed E-state index contributed by atoms with van der Waals surface area (Å²) in [5, 5.41) is 10.7. The Morgan fingerprint density at radius 3 is 2.58 bits per heavy atom. The lowest BCUT2D eigenvalue weighted by Crippen LogP contribution is -2.22. The average molecular weight is 347 g/mol. The second-order valence-electron chi connectivity index (χ2n) is 6.28. The topological polar surface area (TPSA) is 91.3 Å². The number of aryl methyl sites for hydroxylation is 1. The van der Waals surface area contributed by atoms with Gasteiger partial charge in [-0.1, -0.05) is 0 Å². The van der Waals surface area contributed by atoms with Crippen molar-refractivity contribution in [1.82, 2.24) is 15.4 Å². The summed E-state index contributed by atoms with van der Waals surface area (Å²) in [6.45, 7) is 0. The van der Waals surface area contributed by atoms with Gasteiger partial charge in [-0.05, 0) is 37.1 Å². The van der Waals surface area contributed by atoms with Crippen LogP contribution in [0.15, 0.2) is 33.5 Å². The molecule has 24 heavy (non-hydrogen) atoms. The van der Waals surface area contributed by atoms with Gasteiger partial charge in [-0.15, -0.1) is 0 Å². The molecule has 3 rings (SSSR count). The summed E-state index contributed by atoms with van der Waals surface area (Å²) in [7, 11) is 1.12. The lowest BCUT2D eigenvalue weighted by Gasteiger charge is -2.17. The van der Waals surface area contributed by atoms with Gasteiger partial charge in [-0.2, -0.15) is 19.8 Å². The molecule has 0 radical (unpaired) electrons. The summed E-state index contributed by atoms with van der Waals surface area (Å²) in [6, 6.07) is 7.29. The third-order valence-corrected chi connectivity index (χ3v) is 5.95. The third-order valence-electron chi connectivity index (χ3n) is 4.28. The molecule has 1 aromatic heterocycles. The van der Waals surface area contributed by atoms with E-state index in [1.165, 1.54) is 6.26 Å². The van der Waals surface area contributed by atoms with Gasteiger partial charge in [0.2, 0.25) is 0 Å². The van der Waals surface area contributed by atoms with Crippen LogP contribution in [0.25, 0.3) is 0 Å². The van der Waals surface area contributed by atoms with E-state index >= 15 is 0 Å². The Balaban J connectivity index is 1.81. The van der Waals surface area contributed by atoms with Gasteiger partial charge in [0, 0.05) is 43.3 Å². The molecule has 2 aromatic rings. The van der Waals surface area contributed by atoms with Gasteiger partial charge in [0.15, 0.2) is 0 Å². The van der Waals surface area contributed by atoms with Crippen molar-refractivity contribution in [2.45, 2.75) is 24.2 Å². The maximum atomic E-state index is 12.9. The first-order chi connectivity index (χ1) is 11.4. The molecular formula is C16H21N5O2S. The second kappa shape index (κ2) is 6.35. The van der Waals surface area contributed by atoms with Crippen LogP contribution in [-0.4, -0.2) is 45.9 Å². The number of aromatic nitrogens is 3. The Labute approximate surface area is 141 Å². The predicted octanol–water partition coefficient (Wildman–Crippen LogP) is 1.66. The number of hydrogen-bond acceptors (Lipinski definition) is 5. The van der Waals surface area contributed by atoms with E-state index in [0.717, 1.165) is 17.1 Å². The van der Waals surface area contributed by atoms with Gasteiger partial charge in [0.05, 0.1) is 21.1 Å². The quantitative estimate of drug-likeness (QED) is 0.912. The van der Waals surface area contributed by atoms with Crippen LogP contribution < -0.4 is 4.90 Å². The van der Waals surface area contributed by atoms with Crippen LogP contribution in [0.2, 0.25) is 0 Å². The number of carbonyl (C=O) groups excluding carboxylic acids is 1. The summed E-state index contributed by atoms with van der Waals surface area (Å²) in [5.74, 6) is -0.586. The van der Waals surface area contributed by atoms with E-state index in [-0.39, 0.29) is 11.8 Å². The molecular weight excluding hydrogens is 326 g/mol. The first kappa shape index (κ1) is 16.6. The van der Waals surface area contributed by atoms with Crippen LogP contribution in [0.3, 0.4) is 0 Å². The molecule has 0 spiro atoms. The average Bonchev–Trinajstić information content (AvgIpc) is 3.02. The van der Waals surface area contributed by atoms with Crippen LogP contribution in [-0.2, 0) is 27.4 Å². The van der Waals surface area contributed by atoms with Gasteiger partial charge in [-0.3, -0.25) is 4.79 Å². The van der Waals surface area contributed by atoms with Gasteiger partial charge >= 0.3 is 0 Å². The van der Waals surface area contributed by atoms with Gasteiger partial charge in [0.1, 0.15) is 0 Å². The summed E-state index contributed by atoms with van der Waals surface area (Å²) < 4.78 is 16.9. The third kappa shape index (κ3) is 3.33. The lowest BCUT2D eigenvalue weighted by atomic mass is 9.89. The summed E-state index contributed by atoms with van der Waals surface area (Å²) >= 11 is 0. The van der Waals surface area contributed by atoms with Crippen LogP contribution >= 0.6 is 0 Å². The SMILES string of the molecule is CN(C)c1ccc([S@](C)(=O)=NC(=O)[C@H]2CCc3n[nH]nc3C2)cc1. The molecule has 0 fully saturated rings. The number of amides is 1. The van der Waals surface area contributed by atoms with Gasteiger partial charge < -0.3 is 4.90 Å². The Bertz CT molecular complexity index is 863. The fourth-order valence-electron chi connectivity index (χ4n) is 2.79. The predicted molar refractivity (Wildman–Crippen MR) is 92.4 cm³/mol. The van der Waals surface area contributed by atoms with Crippen LogP contribution in [0.4, 0.5) is 5.69 Å². The minimum atomic E-state index is -2.75. The number of carbonyl (C=O) groups is 1. The minimum absolute atomic E-state index is 0.274. The van der Waals surface area contributed by atoms with E-state index in [1.807, 2.05) is 31.1 Å². The van der Waals surface area contributed by atoms with E-state index in [9.17, 15) is 9.00 Å². The number of H-pyrrole nitrogens is 1. The number of rotatable bonds is 3. The largest absolute Gasteiger partial charge is 0.378 e. The van der Waals surface area contributed by atoms with E-state index in [0.29, 0.717) is 24.2 Å². The number of benzene rings is 1. The Hall–Kier alpha value is -2.22. The van der Waals surface area contributed by atoms with Crippen LogP contribution in [0, 0.1) is 5.92 Å². The van der Waals surface area contributed by atoms with Crippen molar-refractivity contribution < 1.29 is 9.00 Å². The number of fused-ring (bicyclic) bond motifs is 1. The highest BCUT2D eigenvalue weighted by Crippen LogP contribution is 2.25. The molecule has 1 aliphatic rings. The molecule has 1 aromatic carbocycles. The highest BCUT2D eigenvalue weighted by Gasteiger charge is 2.28. The number of nitrogens with one attached hydrogen (secondary N) is 1. The molecule has 0 saturated heterocycles. The van der Waals surface area contributed by atoms with Crippen LogP contribution in [0.5, 0.6) is 0 Å². The molecule has 0 saturated carbocycles. The Morgan fingerprint density at radius 1 is 1.25 bits per heavy atom. The molecule has 8 heteroatoms. The molecule has 1 amide bonds. The van der Waals surface area contributed by atoms with Crippen molar-refractivity contribution in [3.8, 4) is 0 Å². The summed E-state index contributed by atoms with van der Waals surface area (Å²) in [6.07, 6.45) is 3.38. The zero-order valence-corrected chi connectivity index (χ0v) is 14.8. The molecule has 0 aliphatic heterocycles. The molecule has 2 atom stereocenters. The smallest absolute Gasteiger partial charge is 0.257 e. The molecule has 0 unspecified atom stereocenters. The van der Waals surface area contributed by atoms with E-state index < -0.39 is 9.73 Å². The maximum absolute atomic E-state index is 12.9. The molecule has 1 N–H and O–H groups in total. The number of aromatic amines is 1. The van der Waals surface area contributed by atoms with Crippen molar-refractivity contribution in [3.63, 3.8) is 0 Å². The van der Waals surface area contributed by atoms with E-state index in [1.54, 1.807) is 12.1 Å². The number of anilines is 1. The summed E-state index contributed by atoms with van der Waals surface area (Å²) in [4.78, 5) is 15.0. The van der Waals surface area contributed by atoms with Crippen molar-refractivity contribution in [1.29, 1.82) is 0 Å². The van der Waals surface area contributed by atoms with Crippen molar-refractivity contribution in [2.24, 2.45) is 10.3 Å². The van der Waals surface area contributed by atoms with Gasteiger partial charge in [-0.25, -0.2) is 4.21 Å². The van der Waals surface area contributed by atoms with Crippen LogP contribution in [0.1, 0.15) is 17.8 Å². The highest BCUT2D eigenvalue weighted by atomic mass is 32.2. The monoisotopic (exact) mass is 347 g/mol. The summed E-state index contributed by atoms with van der Waals surface area (Å²) in [5.41, 5.74) is 2.73. The molecule has 1 aliphatic carbocycles. The van der Waals surface area contributed by atoms with Gasteiger partial charge in [0.25, 0.3) is 5.91 Å². The maximum Gasteiger partial charge on any atom is 0.257 e. The normalized spacial score (nSPS) is 19.2. The minimum Gasteiger partial charge on any atom is -0.378 e. The van der Waals surface area contributed by atoms with E-state index in [4.69, 9.17) is 0 Å². The highest BCUT2D eigenvalue weighted by molar-refractivity contribution is 7.93. The molecule has 128 valence electrons. The molecule has 7 nitrogen and oxygen atoms in total. The zero-order valence-electron chi connectivity index (χ0n) is 14.0. The number of hydrogen-bond donors (Lipinski definition) is 1. The lowest BCUT2D eigenvalue weighted by molar-refractivity contribution is -0.121. The van der Waals surface area contributed by atoms with Crippen molar-refractivity contribution >= 4 is 21.3 Å². The molecule has 0 bridgehead atoms. The fourth-order valence-corrected chi connectivity index (χ4v) is 4.03. The Kier molecular flexibility index (Phi) is 4.40. The van der Waals surface area contributed by atoms with Crippen molar-refractivity contribution in [2.75, 3.05) is 25.3 Å². The van der Waals surface area contributed by atoms with E-state index in [2.05, 4.69) is 19.8 Å². The second-order valence-corrected chi connectivity index (χ2v) is 8.54.